The lowest BCUT2D eigenvalue weighted by Gasteiger charge is -2.27. The number of hydrogen-bond acceptors (Lipinski definition) is 4. The normalized spacial score (nSPS) is 20.1. The lowest BCUT2D eigenvalue weighted by molar-refractivity contribution is -0.114. The standard InChI is InChI=1S/C23H29ClN2O3/c1-17-4-9-21(24)22(14-17)29-16-23(28)10-3-12-26(13-11-23)15-19-5-7-20(8-6-19)25-18(2)27/h4-9,14,28H,3,10-13,15-16H2,1-2H3,(H,25,27). The van der Waals surface area contributed by atoms with Crippen molar-refractivity contribution in [2.45, 2.75) is 45.3 Å². The van der Waals surface area contributed by atoms with Gasteiger partial charge in [0.15, 0.2) is 0 Å². The summed E-state index contributed by atoms with van der Waals surface area (Å²) in [5.41, 5.74) is 2.22. The van der Waals surface area contributed by atoms with Crippen LogP contribution in [0.1, 0.15) is 37.3 Å². The largest absolute Gasteiger partial charge is 0.489 e. The maximum Gasteiger partial charge on any atom is 0.221 e. The molecule has 1 atom stereocenters. The van der Waals surface area contributed by atoms with Crippen molar-refractivity contribution in [3.05, 3.63) is 58.6 Å². The number of hydrogen-bond donors (Lipinski definition) is 2. The van der Waals surface area contributed by atoms with E-state index in [1.165, 1.54) is 12.5 Å². The Bertz CT molecular complexity index is 841. The minimum absolute atomic E-state index is 0.0706. The summed E-state index contributed by atoms with van der Waals surface area (Å²) in [7, 11) is 0. The molecule has 0 aliphatic carbocycles. The van der Waals surface area contributed by atoms with E-state index in [0.717, 1.165) is 37.3 Å². The molecule has 1 aliphatic heterocycles. The first-order valence-electron chi connectivity index (χ1n) is 10.0. The molecule has 1 fully saturated rings. The van der Waals surface area contributed by atoms with Crippen LogP contribution in [0, 0.1) is 6.92 Å². The van der Waals surface area contributed by atoms with Crippen molar-refractivity contribution in [2.24, 2.45) is 0 Å². The van der Waals surface area contributed by atoms with Gasteiger partial charge in [-0.25, -0.2) is 0 Å². The van der Waals surface area contributed by atoms with Gasteiger partial charge in [-0.3, -0.25) is 9.69 Å². The molecular weight excluding hydrogens is 388 g/mol. The minimum Gasteiger partial charge on any atom is -0.489 e. The number of carbonyl (C=O) groups is 1. The molecule has 1 amide bonds. The van der Waals surface area contributed by atoms with Gasteiger partial charge in [0, 0.05) is 25.7 Å². The third-order valence-corrected chi connectivity index (χ3v) is 5.59. The van der Waals surface area contributed by atoms with Crippen LogP contribution in [0.5, 0.6) is 5.75 Å². The number of rotatable bonds is 6. The van der Waals surface area contributed by atoms with Gasteiger partial charge in [0.2, 0.25) is 5.91 Å². The number of anilines is 1. The SMILES string of the molecule is CC(=O)Nc1ccc(CN2CCCC(O)(COc3cc(C)ccc3Cl)CC2)cc1. The number of halogens is 1. The zero-order chi connectivity index (χ0) is 20.9. The number of nitrogens with zero attached hydrogens (tertiary/aromatic N) is 1. The van der Waals surface area contributed by atoms with Crippen LogP contribution >= 0.6 is 11.6 Å². The highest BCUT2D eigenvalue weighted by atomic mass is 35.5. The second-order valence-corrected chi connectivity index (χ2v) is 8.36. The average Bonchev–Trinajstić information content (AvgIpc) is 2.86. The number of likely N-dealkylation sites (tertiary alicyclic amines) is 1. The molecule has 2 N–H and O–H groups in total. The molecule has 5 nitrogen and oxygen atoms in total. The first kappa shape index (κ1) is 21.6. The molecule has 1 unspecified atom stereocenters. The fourth-order valence-corrected chi connectivity index (χ4v) is 3.80. The number of aryl methyl sites for hydroxylation is 1. The molecule has 1 heterocycles. The highest BCUT2D eigenvalue weighted by Gasteiger charge is 2.31. The highest BCUT2D eigenvalue weighted by Crippen LogP contribution is 2.29. The zero-order valence-electron chi connectivity index (χ0n) is 17.1. The Morgan fingerprint density at radius 2 is 1.97 bits per heavy atom. The summed E-state index contributed by atoms with van der Waals surface area (Å²) in [6.07, 6.45) is 2.26. The zero-order valence-corrected chi connectivity index (χ0v) is 17.8. The Morgan fingerprint density at radius 3 is 2.69 bits per heavy atom. The van der Waals surface area contributed by atoms with E-state index in [1.54, 1.807) is 0 Å². The molecule has 156 valence electrons. The van der Waals surface area contributed by atoms with E-state index in [-0.39, 0.29) is 12.5 Å². The van der Waals surface area contributed by atoms with Crippen LogP contribution in [0.2, 0.25) is 5.02 Å². The van der Waals surface area contributed by atoms with Gasteiger partial charge >= 0.3 is 0 Å². The second kappa shape index (κ2) is 9.61. The predicted octanol–water partition coefficient (Wildman–Crippen LogP) is 4.40. The van der Waals surface area contributed by atoms with Crippen molar-refractivity contribution in [1.29, 1.82) is 0 Å². The quantitative estimate of drug-likeness (QED) is 0.732. The molecule has 2 aromatic carbocycles. The molecule has 0 aromatic heterocycles. The maximum atomic E-state index is 11.1. The molecule has 0 saturated carbocycles. The summed E-state index contributed by atoms with van der Waals surface area (Å²) in [4.78, 5) is 13.5. The Kier molecular flexibility index (Phi) is 7.17. The van der Waals surface area contributed by atoms with E-state index in [0.29, 0.717) is 23.6 Å². The summed E-state index contributed by atoms with van der Waals surface area (Å²) < 4.78 is 5.88. The topological polar surface area (TPSA) is 61.8 Å². The number of carbonyl (C=O) groups excluding carboxylic acids is 1. The molecule has 0 radical (unpaired) electrons. The van der Waals surface area contributed by atoms with E-state index in [2.05, 4.69) is 10.2 Å². The van der Waals surface area contributed by atoms with Crippen molar-refractivity contribution in [3.63, 3.8) is 0 Å². The molecule has 0 spiro atoms. The van der Waals surface area contributed by atoms with E-state index < -0.39 is 5.60 Å². The Labute approximate surface area is 177 Å². The average molecular weight is 417 g/mol. The molecular formula is C23H29ClN2O3. The smallest absolute Gasteiger partial charge is 0.221 e. The summed E-state index contributed by atoms with van der Waals surface area (Å²) in [6.45, 7) is 6.29. The third-order valence-electron chi connectivity index (χ3n) is 5.27. The maximum absolute atomic E-state index is 11.1. The first-order valence-corrected chi connectivity index (χ1v) is 10.4. The molecule has 1 saturated heterocycles. The fraction of sp³-hybridized carbons (Fsp3) is 0.435. The van der Waals surface area contributed by atoms with Gasteiger partial charge in [0.1, 0.15) is 12.4 Å². The predicted molar refractivity (Wildman–Crippen MR) is 117 cm³/mol. The van der Waals surface area contributed by atoms with Gasteiger partial charge in [0.25, 0.3) is 0 Å². The van der Waals surface area contributed by atoms with Crippen LogP contribution in [-0.4, -0.2) is 41.2 Å². The van der Waals surface area contributed by atoms with E-state index >= 15 is 0 Å². The summed E-state index contributed by atoms with van der Waals surface area (Å²) in [5.74, 6) is 0.555. The van der Waals surface area contributed by atoms with Crippen LogP contribution in [0.25, 0.3) is 0 Å². The van der Waals surface area contributed by atoms with Gasteiger partial charge in [-0.15, -0.1) is 0 Å². The van der Waals surface area contributed by atoms with Gasteiger partial charge in [-0.05, 0) is 68.1 Å². The summed E-state index contributed by atoms with van der Waals surface area (Å²) in [5, 5.41) is 14.4. The number of benzene rings is 2. The van der Waals surface area contributed by atoms with E-state index in [9.17, 15) is 9.90 Å². The van der Waals surface area contributed by atoms with Gasteiger partial charge in [-0.2, -0.15) is 0 Å². The van der Waals surface area contributed by atoms with E-state index in [4.69, 9.17) is 16.3 Å². The van der Waals surface area contributed by atoms with Crippen molar-refractivity contribution in [3.8, 4) is 5.75 Å². The van der Waals surface area contributed by atoms with Crippen molar-refractivity contribution >= 4 is 23.2 Å². The first-order chi connectivity index (χ1) is 13.8. The van der Waals surface area contributed by atoms with Crippen LogP contribution in [0.3, 0.4) is 0 Å². The highest BCUT2D eigenvalue weighted by molar-refractivity contribution is 6.32. The van der Waals surface area contributed by atoms with Crippen LogP contribution in [0.4, 0.5) is 5.69 Å². The molecule has 1 aliphatic rings. The Hall–Kier alpha value is -2.08. The fourth-order valence-electron chi connectivity index (χ4n) is 3.63. The van der Waals surface area contributed by atoms with Crippen molar-refractivity contribution in [2.75, 3.05) is 25.0 Å². The molecule has 3 rings (SSSR count). The molecule has 29 heavy (non-hydrogen) atoms. The number of aliphatic hydroxyl groups is 1. The summed E-state index contributed by atoms with van der Waals surface area (Å²) in [6, 6.07) is 13.6. The number of nitrogens with one attached hydrogen (secondary N) is 1. The molecule has 2 aromatic rings. The lowest BCUT2D eigenvalue weighted by atomic mass is 9.96. The van der Waals surface area contributed by atoms with Gasteiger partial charge in [-0.1, -0.05) is 29.8 Å². The number of amides is 1. The van der Waals surface area contributed by atoms with Gasteiger partial charge in [0.05, 0.1) is 10.6 Å². The summed E-state index contributed by atoms with van der Waals surface area (Å²) >= 11 is 6.21. The van der Waals surface area contributed by atoms with Crippen LogP contribution in [0.15, 0.2) is 42.5 Å². The second-order valence-electron chi connectivity index (χ2n) is 7.95. The van der Waals surface area contributed by atoms with Crippen molar-refractivity contribution in [1.82, 2.24) is 4.90 Å². The third kappa shape index (κ3) is 6.46. The van der Waals surface area contributed by atoms with E-state index in [1.807, 2.05) is 49.4 Å². The van der Waals surface area contributed by atoms with Crippen LogP contribution in [-0.2, 0) is 11.3 Å². The lowest BCUT2D eigenvalue weighted by Crippen LogP contribution is -2.37. The van der Waals surface area contributed by atoms with Crippen molar-refractivity contribution < 1.29 is 14.6 Å². The molecule has 6 heteroatoms. The monoisotopic (exact) mass is 416 g/mol. The Balaban J connectivity index is 1.53. The number of ether oxygens (including phenoxy) is 1. The Morgan fingerprint density at radius 1 is 1.21 bits per heavy atom. The van der Waals surface area contributed by atoms with Crippen LogP contribution < -0.4 is 10.1 Å². The molecule has 0 bridgehead atoms. The van der Waals surface area contributed by atoms with Gasteiger partial charge < -0.3 is 15.2 Å². The minimum atomic E-state index is -0.850.